The summed E-state index contributed by atoms with van der Waals surface area (Å²) in [7, 11) is -3.22. The fourth-order valence-corrected chi connectivity index (χ4v) is 4.95. The number of hydrogen-bond acceptors (Lipinski definition) is 5. The Labute approximate surface area is 140 Å². The van der Waals surface area contributed by atoms with Crippen LogP contribution in [0, 0.1) is 0 Å². The molecule has 1 N–H and O–H groups in total. The summed E-state index contributed by atoms with van der Waals surface area (Å²) in [6.07, 6.45) is 3.69. The van der Waals surface area contributed by atoms with Crippen molar-refractivity contribution in [2.45, 2.75) is 37.3 Å². The predicted molar refractivity (Wildman–Crippen MR) is 88.9 cm³/mol. The Kier molecular flexibility index (Phi) is 4.78. The van der Waals surface area contributed by atoms with Gasteiger partial charge in [-0.1, -0.05) is 6.07 Å². The number of carbonyl (C=O) groups excluding carboxylic acids is 1. The van der Waals surface area contributed by atoms with Crippen molar-refractivity contribution in [1.29, 1.82) is 0 Å². The summed E-state index contributed by atoms with van der Waals surface area (Å²) >= 11 is 1.59. The van der Waals surface area contributed by atoms with Crippen LogP contribution >= 0.6 is 11.3 Å². The van der Waals surface area contributed by atoms with Crippen molar-refractivity contribution in [2.75, 3.05) is 26.0 Å². The molecule has 0 radical (unpaired) electrons. The van der Waals surface area contributed by atoms with Gasteiger partial charge in [0.2, 0.25) is 15.9 Å². The van der Waals surface area contributed by atoms with Crippen LogP contribution in [0.4, 0.5) is 0 Å². The highest BCUT2D eigenvalue weighted by atomic mass is 32.2. The zero-order chi connectivity index (χ0) is 16.5. The summed E-state index contributed by atoms with van der Waals surface area (Å²) in [5.41, 5.74) is -0.397. The van der Waals surface area contributed by atoms with Crippen LogP contribution in [0.3, 0.4) is 0 Å². The van der Waals surface area contributed by atoms with E-state index in [1.165, 1.54) is 6.26 Å². The molecule has 1 aromatic heterocycles. The smallest absolute Gasteiger partial charge is 0.227 e. The van der Waals surface area contributed by atoms with E-state index in [-0.39, 0.29) is 11.9 Å². The van der Waals surface area contributed by atoms with Crippen LogP contribution in [-0.4, -0.2) is 56.8 Å². The molecule has 0 aliphatic carbocycles. The van der Waals surface area contributed by atoms with Crippen LogP contribution in [0.5, 0.6) is 0 Å². The Bertz CT molecular complexity index is 659. The van der Waals surface area contributed by atoms with Gasteiger partial charge in [-0.25, -0.2) is 13.1 Å². The fourth-order valence-electron chi connectivity index (χ4n) is 3.45. The van der Waals surface area contributed by atoms with Gasteiger partial charge in [0.15, 0.2) is 0 Å². The van der Waals surface area contributed by atoms with Crippen LogP contribution in [0.2, 0.25) is 0 Å². The molecule has 1 aromatic rings. The van der Waals surface area contributed by atoms with Gasteiger partial charge in [-0.15, -0.1) is 11.3 Å². The van der Waals surface area contributed by atoms with Crippen molar-refractivity contribution in [1.82, 2.24) is 9.62 Å². The van der Waals surface area contributed by atoms with E-state index in [1.54, 1.807) is 11.3 Å². The van der Waals surface area contributed by atoms with Crippen molar-refractivity contribution in [2.24, 2.45) is 0 Å². The molecule has 3 rings (SSSR count). The molecule has 128 valence electrons. The van der Waals surface area contributed by atoms with E-state index in [2.05, 4.69) is 4.72 Å². The largest absolute Gasteiger partial charge is 0.373 e. The molecule has 8 heteroatoms. The maximum absolute atomic E-state index is 12.4. The summed E-state index contributed by atoms with van der Waals surface area (Å²) in [5.74, 6) is 0.117. The Balaban J connectivity index is 1.60. The molecular weight excluding hydrogens is 336 g/mol. The number of nitrogens with zero attached hydrogens (tertiary/aromatic N) is 1. The minimum absolute atomic E-state index is 0.105. The van der Waals surface area contributed by atoms with Gasteiger partial charge >= 0.3 is 0 Å². The maximum Gasteiger partial charge on any atom is 0.227 e. The second-order valence-corrected chi connectivity index (χ2v) is 9.24. The number of ether oxygens (including phenoxy) is 1. The monoisotopic (exact) mass is 358 g/mol. The molecule has 0 aromatic carbocycles. The molecule has 2 aliphatic rings. The first-order valence-corrected chi connectivity index (χ1v) is 10.5. The summed E-state index contributed by atoms with van der Waals surface area (Å²) in [4.78, 5) is 15.3. The molecule has 6 nitrogen and oxygen atoms in total. The molecule has 0 unspecified atom stereocenters. The standard InChI is InChI=1S/C15H22N2O4S2/c1-23(19,20)16-12-4-7-21-15(10-12)5-6-17(11-15)14(18)9-13-3-2-8-22-13/h2-3,8,12,16H,4-7,9-11H2,1H3/t12-,15+/m0/s1. The van der Waals surface area contributed by atoms with E-state index in [0.717, 1.165) is 11.3 Å². The lowest BCUT2D eigenvalue weighted by molar-refractivity contribution is -0.132. The second kappa shape index (κ2) is 6.51. The average Bonchev–Trinajstić information content (AvgIpc) is 3.07. The normalized spacial score (nSPS) is 28.4. The topological polar surface area (TPSA) is 75.7 Å². The first kappa shape index (κ1) is 16.9. The van der Waals surface area contributed by atoms with Gasteiger partial charge in [0.25, 0.3) is 0 Å². The lowest BCUT2D eigenvalue weighted by atomic mass is 9.90. The van der Waals surface area contributed by atoms with Crippen molar-refractivity contribution >= 4 is 27.3 Å². The van der Waals surface area contributed by atoms with Gasteiger partial charge in [0.05, 0.1) is 18.3 Å². The van der Waals surface area contributed by atoms with E-state index < -0.39 is 15.6 Å². The third-order valence-corrected chi connectivity index (χ3v) is 6.09. The van der Waals surface area contributed by atoms with E-state index >= 15 is 0 Å². The lowest BCUT2D eigenvalue weighted by Gasteiger charge is -2.38. The number of likely N-dealkylation sites (tertiary alicyclic amines) is 1. The Morgan fingerprint density at radius 3 is 3.09 bits per heavy atom. The molecule has 2 aliphatic heterocycles. The van der Waals surface area contributed by atoms with Crippen LogP contribution in [0.25, 0.3) is 0 Å². The third kappa shape index (κ3) is 4.32. The summed E-state index contributed by atoms with van der Waals surface area (Å²) < 4.78 is 31.5. The molecule has 2 fully saturated rings. The highest BCUT2D eigenvalue weighted by Gasteiger charge is 2.44. The molecule has 2 saturated heterocycles. The molecule has 1 amide bonds. The lowest BCUT2D eigenvalue weighted by Crippen LogP contribution is -2.50. The molecule has 23 heavy (non-hydrogen) atoms. The molecule has 3 heterocycles. The number of amides is 1. The molecule has 2 atom stereocenters. The van der Waals surface area contributed by atoms with Crippen molar-refractivity contribution in [3.05, 3.63) is 22.4 Å². The van der Waals surface area contributed by atoms with Crippen molar-refractivity contribution in [3.8, 4) is 0 Å². The molecule has 0 saturated carbocycles. The SMILES string of the molecule is CS(=O)(=O)N[C@H]1CCO[C@]2(CCN(C(=O)Cc3cccs3)C2)C1. The minimum Gasteiger partial charge on any atom is -0.373 e. The van der Waals surface area contributed by atoms with Gasteiger partial charge in [-0.3, -0.25) is 4.79 Å². The van der Waals surface area contributed by atoms with Crippen LogP contribution < -0.4 is 4.72 Å². The molecule has 0 bridgehead atoms. The van der Waals surface area contributed by atoms with E-state index in [1.807, 2.05) is 22.4 Å². The zero-order valence-electron chi connectivity index (χ0n) is 13.2. The third-order valence-electron chi connectivity index (χ3n) is 4.45. The maximum atomic E-state index is 12.4. The average molecular weight is 358 g/mol. The first-order chi connectivity index (χ1) is 10.9. The number of sulfonamides is 1. The summed E-state index contributed by atoms with van der Waals surface area (Å²) in [6, 6.07) is 3.81. The Morgan fingerprint density at radius 1 is 1.57 bits per heavy atom. The minimum atomic E-state index is -3.22. The summed E-state index contributed by atoms with van der Waals surface area (Å²) in [6.45, 7) is 1.76. The highest BCUT2D eigenvalue weighted by Crippen LogP contribution is 2.34. The Morgan fingerprint density at radius 2 is 2.39 bits per heavy atom. The number of rotatable bonds is 4. The second-order valence-electron chi connectivity index (χ2n) is 6.43. The van der Waals surface area contributed by atoms with Crippen LogP contribution in [0.1, 0.15) is 24.1 Å². The zero-order valence-corrected chi connectivity index (χ0v) is 14.8. The van der Waals surface area contributed by atoms with Crippen molar-refractivity contribution < 1.29 is 17.9 Å². The number of hydrogen-bond donors (Lipinski definition) is 1. The first-order valence-electron chi connectivity index (χ1n) is 7.77. The van der Waals surface area contributed by atoms with Gasteiger partial charge in [0.1, 0.15) is 0 Å². The number of nitrogens with one attached hydrogen (secondary N) is 1. The van der Waals surface area contributed by atoms with E-state index in [4.69, 9.17) is 4.74 Å². The number of thiophene rings is 1. The van der Waals surface area contributed by atoms with Crippen LogP contribution in [0.15, 0.2) is 17.5 Å². The quantitative estimate of drug-likeness (QED) is 0.871. The molecular formula is C15H22N2O4S2. The van der Waals surface area contributed by atoms with E-state index in [9.17, 15) is 13.2 Å². The van der Waals surface area contributed by atoms with Crippen molar-refractivity contribution in [3.63, 3.8) is 0 Å². The van der Waals surface area contributed by atoms with Gasteiger partial charge < -0.3 is 9.64 Å². The van der Waals surface area contributed by atoms with Gasteiger partial charge in [-0.2, -0.15) is 0 Å². The fraction of sp³-hybridized carbons (Fsp3) is 0.667. The van der Waals surface area contributed by atoms with Gasteiger partial charge in [0, 0.05) is 30.6 Å². The summed E-state index contributed by atoms with van der Waals surface area (Å²) in [5, 5.41) is 1.97. The van der Waals surface area contributed by atoms with E-state index in [0.29, 0.717) is 39.0 Å². The van der Waals surface area contributed by atoms with Crippen LogP contribution in [-0.2, 0) is 26.0 Å². The predicted octanol–water partition coefficient (Wildman–Crippen LogP) is 0.990. The Hall–Kier alpha value is -0.960. The highest BCUT2D eigenvalue weighted by molar-refractivity contribution is 7.88. The molecule has 1 spiro atoms. The van der Waals surface area contributed by atoms with Gasteiger partial charge in [-0.05, 0) is 30.7 Å². The number of carbonyl (C=O) groups is 1.